The van der Waals surface area contributed by atoms with E-state index in [0.717, 1.165) is 17.5 Å². The van der Waals surface area contributed by atoms with Crippen LogP contribution in [0, 0.1) is 0 Å². The molecule has 178 valence electrons. The Bertz CT molecular complexity index is 1050. The summed E-state index contributed by atoms with van der Waals surface area (Å²) >= 11 is 12.9. The topological polar surface area (TPSA) is 49.4 Å². The Balaban J connectivity index is 1.93. The highest BCUT2D eigenvalue weighted by atomic mass is 35.5. The Labute approximate surface area is 211 Å². The molecule has 0 heterocycles. The third kappa shape index (κ3) is 7.34. The summed E-state index contributed by atoms with van der Waals surface area (Å²) in [6, 6.07) is 24.2. The molecule has 3 rings (SSSR count). The highest BCUT2D eigenvalue weighted by Gasteiger charge is 2.31. The van der Waals surface area contributed by atoms with Crippen molar-refractivity contribution in [1.29, 1.82) is 0 Å². The molecule has 2 amide bonds. The molecule has 0 aromatic heterocycles. The zero-order valence-electron chi connectivity index (χ0n) is 19.3. The number of rotatable bonds is 11. The first-order chi connectivity index (χ1) is 16.5. The first-order valence-electron chi connectivity index (χ1n) is 11.6. The van der Waals surface area contributed by atoms with E-state index < -0.39 is 6.04 Å². The monoisotopic (exact) mass is 496 g/mol. The number of hydrogen-bond donors (Lipinski definition) is 1. The maximum absolute atomic E-state index is 13.6. The minimum absolute atomic E-state index is 0.118. The van der Waals surface area contributed by atoms with Gasteiger partial charge in [-0.05, 0) is 36.1 Å². The molecule has 0 saturated heterocycles. The molecule has 4 nitrogen and oxygen atoms in total. The van der Waals surface area contributed by atoms with Crippen LogP contribution in [0.25, 0.3) is 0 Å². The average Bonchev–Trinajstić information content (AvgIpc) is 2.86. The van der Waals surface area contributed by atoms with Crippen LogP contribution in [0.2, 0.25) is 10.0 Å². The first-order valence-corrected chi connectivity index (χ1v) is 12.3. The van der Waals surface area contributed by atoms with Gasteiger partial charge in [-0.15, -0.1) is 0 Å². The van der Waals surface area contributed by atoms with Gasteiger partial charge >= 0.3 is 0 Å². The minimum atomic E-state index is -0.690. The van der Waals surface area contributed by atoms with E-state index in [1.165, 1.54) is 0 Å². The molecule has 0 fully saturated rings. The SMILES string of the molecule is CCCNC(=O)[C@@H](Cc1ccccc1)N(Cc1c(Cl)cccc1Cl)C(=O)CCc1ccccc1. The van der Waals surface area contributed by atoms with E-state index in [-0.39, 0.29) is 24.8 Å². The van der Waals surface area contributed by atoms with Crippen LogP contribution in [0.3, 0.4) is 0 Å². The van der Waals surface area contributed by atoms with Crippen LogP contribution in [0.1, 0.15) is 36.5 Å². The Morgan fingerprint density at radius 3 is 2.03 bits per heavy atom. The zero-order chi connectivity index (χ0) is 24.3. The molecule has 6 heteroatoms. The fourth-order valence-corrected chi connectivity index (χ4v) is 4.33. The van der Waals surface area contributed by atoms with Gasteiger partial charge in [-0.3, -0.25) is 9.59 Å². The number of amides is 2. The van der Waals surface area contributed by atoms with Gasteiger partial charge < -0.3 is 10.2 Å². The summed E-state index contributed by atoms with van der Waals surface area (Å²) in [5, 5.41) is 3.92. The molecule has 3 aromatic rings. The zero-order valence-corrected chi connectivity index (χ0v) is 20.9. The van der Waals surface area contributed by atoms with Gasteiger partial charge in [-0.1, -0.05) is 96.9 Å². The average molecular weight is 497 g/mol. The van der Waals surface area contributed by atoms with Crippen molar-refractivity contribution in [2.45, 2.75) is 45.2 Å². The minimum Gasteiger partial charge on any atom is -0.354 e. The number of nitrogens with one attached hydrogen (secondary N) is 1. The molecular weight excluding hydrogens is 467 g/mol. The largest absolute Gasteiger partial charge is 0.354 e. The second kappa shape index (κ2) is 13.2. The molecule has 0 spiro atoms. The number of carbonyl (C=O) groups is 2. The predicted octanol–water partition coefficient (Wildman–Crippen LogP) is 6.09. The van der Waals surface area contributed by atoms with E-state index in [9.17, 15) is 9.59 Å². The van der Waals surface area contributed by atoms with E-state index in [1.807, 2.05) is 67.6 Å². The summed E-state index contributed by atoms with van der Waals surface area (Å²) in [7, 11) is 0. The summed E-state index contributed by atoms with van der Waals surface area (Å²) in [4.78, 5) is 28.6. The van der Waals surface area contributed by atoms with Crippen LogP contribution in [-0.2, 0) is 29.0 Å². The molecule has 0 radical (unpaired) electrons. The standard InChI is InChI=1S/C28H30Cl2N2O2/c1-2-18-31-28(34)26(19-22-12-7-4-8-13-22)32(20-23-24(29)14-9-15-25(23)30)27(33)17-16-21-10-5-3-6-11-21/h3-15,26H,2,16-20H2,1H3,(H,31,34)/t26-/m1/s1. The Kier molecular flexibility index (Phi) is 9.99. The first kappa shape index (κ1) is 25.8. The quantitative estimate of drug-likeness (QED) is 0.349. The summed E-state index contributed by atoms with van der Waals surface area (Å²) in [6.45, 7) is 2.70. The molecule has 0 aliphatic heterocycles. The van der Waals surface area contributed by atoms with Crippen LogP contribution < -0.4 is 5.32 Å². The van der Waals surface area contributed by atoms with Crippen molar-refractivity contribution in [2.24, 2.45) is 0 Å². The van der Waals surface area contributed by atoms with E-state index in [0.29, 0.717) is 35.0 Å². The lowest BCUT2D eigenvalue weighted by Gasteiger charge is -2.32. The maximum Gasteiger partial charge on any atom is 0.243 e. The van der Waals surface area contributed by atoms with Crippen LogP contribution in [0.5, 0.6) is 0 Å². The molecular formula is C28H30Cl2N2O2. The summed E-state index contributed by atoms with van der Waals surface area (Å²) in [5.41, 5.74) is 2.69. The van der Waals surface area contributed by atoms with Gasteiger partial charge in [0.15, 0.2) is 0 Å². The highest BCUT2D eigenvalue weighted by Crippen LogP contribution is 2.27. The molecule has 3 aromatic carbocycles. The highest BCUT2D eigenvalue weighted by molar-refractivity contribution is 6.36. The predicted molar refractivity (Wildman–Crippen MR) is 139 cm³/mol. The fourth-order valence-electron chi connectivity index (χ4n) is 3.81. The van der Waals surface area contributed by atoms with Gasteiger partial charge in [0.2, 0.25) is 11.8 Å². The molecule has 0 bridgehead atoms. The Hall–Kier alpha value is -2.82. The van der Waals surface area contributed by atoms with E-state index in [4.69, 9.17) is 23.2 Å². The van der Waals surface area contributed by atoms with Crippen LogP contribution in [-0.4, -0.2) is 29.3 Å². The summed E-state index contributed by atoms with van der Waals surface area (Å²) in [5.74, 6) is -0.297. The third-order valence-electron chi connectivity index (χ3n) is 5.68. The van der Waals surface area contributed by atoms with Crippen molar-refractivity contribution in [3.05, 3.63) is 106 Å². The van der Waals surface area contributed by atoms with Gasteiger partial charge in [-0.2, -0.15) is 0 Å². The van der Waals surface area contributed by atoms with Crippen LogP contribution in [0.15, 0.2) is 78.9 Å². The number of aryl methyl sites for hydroxylation is 1. The van der Waals surface area contributed by atoms with Crippen molar-refractivity contribution in [3.8, 4) is 0 Å². The Morgan fingerprint density at radius 1 is 0.853 bits per heavy atom. The lowest BCUT2D eigenvalue weighted by molar-refractivity contribution is -0.141. The lowest BCUT2D eigenvalue weighted by atomic mass is 10.0. The Morgan fingerprint density at radius 2 is 1.44 bits per heavy atom. The lowest BCUT2D eigenvalue weighted by Crippen LogP contribution is -2.50. The van der Waals surface area contributed by atoms with Crippen molar-refractivity contribution in [2.75, 3.05) is 6.54 Å². The molecule has 1 atom stereocenters. The molecule has 34 heavy (non-hydrogen) atoms. The summed E-state index contributed by atoms with van der Waals surface area (Å²) < 4.78 is 0. The second-order valence-electron chi connectivity index (χ2n) is 8.20. The molecule has 0 aliphatic rings. The van der Waals surface area contributed by atoms with Crippen molar-refractivity contribution in [1.82, 2.24) is 10.2 Å². The summed E-state index contributed by atoms with van der Waals surface area (Å²) in [6.07, 6.45) is 2.07. The number of halogens is 2. The number of benzene rings is 3. The van der Waals surface area contributed by atoms with E-state index in [2.05, 4.69) is 5.32 Å². The fraction of sp³-hybridized carbons (Fsp3) is 0.286. The molecule has 1 N–H and O–H groups in total. The number of hydrogen-bond acceptors (Lipinski definition) is 2. The van der Waals surface area contributed by atoms with Gasteiger partial charge in [0.05, 0.1) is 0 Å². The van der Waals surface area contributed by atoms with Gasteiger partial charge in [-0.25, -0.2) is 0 Å². The van der Waals surface area contributed by atoms with Gasteiger partial charge in [0.25, 0.3) is 0 Å². The van der Waals surface area contributed by atoms with Gasteiger partial charge in [0.1, 0.15) is 6.04 Å². The maximum atomic E-state index is 13.6. The van der Waals surface area contributed by atoms with Crippen LogP contribution in [0.4, 0.5) is 0 Å². The molecule has 0 aliphatic carbocycles. The third-order valence-corrected chi connectivity index (χ3v) is 6.39. The van der Waals surface area contributed by atoms with E-state index in [1.54, 1.807) is 23.1 Å². The number of nitrogens with zero attached hydrogens (tertiary/aromatic N) is 1. The van der Waals surface area contributed by atoms with Crippen molar-refractivity contribution < 1.29 is 9.59 Å². The van der Waals surface area contributed by atoms with Crippen molar-refractivity contribution >= 4 is 35.0 Å². The number of carbonyl (C=O) groups excluding carboxylic acids is 2. The second-order valence-corrected chi connectivity index (χ2v) is 9.02. The van der Waals surface area contributed by atoms with Crippen LogP contribution >= 0.6 is 23.2 Å². The van der Waals surface area contributed by atoms with Crippen molar-refractivity contribution in [3.63, 3.8) is 0 Å². The van der Waals surface area contributed by atoms with Gasteiger partial charge in [0, 0.05) is 41.5 Å². The van der Waals surface area contributed by atoms with E-state index >= 15 is 0 Å². The smallest absolute Gasteiger partial charge is 0.243 e. The molecule has 0 unspecified atom stereocenters. The molecule has 0 saturated carbocycles. The normalized spacial score (nSPS) is 11.6.